The fourth-order valence-corrected chi connectivity index (χ4v) is 4.90. The highest BCUT2D eigenvalue weighted by Crippen LogP contribution is 2.35. The molecular weight excluding hydrogens is 409 g/mol. The third kappa shape index (κ3) is 3.35. The fourth-order valence-electron chi connectivity index (χ4n) is 4.90. The second-order valence-electron chi connectivity index (χ2n) is 8.60. The Kier molecular flexibility index (Phi) is 4.97. The third-order valence-corrected chi connectivity index (χ3v) is 6.70. The number of hydrogen-bond acceptors (Lipinski definition) is 6. The van der Waals surface area contributed by atoms with E-state index in [0.29, 0.717) is 22.7 Å². The average Bonchev–Trinajstić information content (AvgIpc) is 3.41. The molecule has 0 spiro atoms. The van der Waals surface area contributed by atoms with Gasteiger partial charge in [0.1, 0.15) is 11.3 Å². The summed E-state index contributed by atoms with van der Waals surface area (Å²) >= 11 is 0. The van der Waals surface area contributed by atoms with E-state index in [2.05, 4.69) is 32.4 Å². The van der Waals surface area contributed by atoms with Gasteiger partial charge in [0.25, 0.3) is 5.91 Å². The number of aromatic nitrogens is 2. The van der Waals surface area contributed by atoms with Crippen LogP contribution in [0.4, 0.5) is 15.9 Å². The van der Waals surface area contributed by atoms with Crippen molar-refractivity contribution in [1.29, 1.82) is 0 Å². The molecule has 2 aliphatic heterocycles. The van der Waals surface area contributed by atoms with Crippen molar-refractivity contribution in [2.24, 2.45) is 0 Å². The quantitative estimate of drug-likeness (QED) is 0.581. The molecule has 2 aliphatic rings. The second-order valence-corrected chi connectivity index (χ2v) is 8.60. The first-order valence-electron chi connectivity index (χ1n) is 10.8. The first kappa shape index (κ1) is 20.6. The summed E-state index contributed by atoms with van der Waals surface area (Å²) in [6.07, 6.45) is 5.96. The van der Waals surface area contributed by atoms with Crippen LogP contribution >= 0.6 is 0 Å². The zero-order valence-corrected chi connectivity index (χ0v) is 18.3. The zero-order valence-electron chi connectivity index (χ0n) is 18.3. The molecule has 2 aromatic heterocycles. The van der Waals surface area contributed by atoms with Crippen molar-refractivity contribution in [1.82, 2.24) is 14.9 Å². The number of piperazine rings is 1. The third-order valence-electron chi connectivity index (χ3n) is 6.70. The van der Waals surface area contributed by atoms with Gasteiger partial charge in [-0.15, -0.1) is 6.58 Å². The summed E-state index contributed by atoms with van der Waals surface area (Å²) < 4.78 is 19.8. The van der Waals surface area contributed by atoms with Crippen LogP contribution in [0.15, 0.2) is 47.5 Å². The van der Waals surface area contributed by atoms with E-state index in [1.54, 1.807) is 32.3 Å². The second kappa shape index (κ2) is 7.70. The first-order chi connectivity index (χ1) is 15.4. The van der Waals surface area contributed by atoms with Crippen molar-refractivity contribution < 1.29 is 13.6 Å². The molecule has 5 rings (SSSR count). The van der Waals surface area contributed by atoms with Crippen molar-refractivity contribution in [3.8, 4) is 0 Å². The number of carbonyl (C=O) groups excluding carboxylic acids is 1. The van der Waals surface area contributed by atoms with Gasteiger partial charge >= 0.3 is 0 Å². The van der Waals surface area contributed by atoms with Crippen molar-refractivity contribution in [3.05, 3.63) is 60.4 Å². The fraction of sp³-hybridized carbons (Fsp3) is 0.375. The number of hydrogen-bond donors (Lipinski definition) is 0. The summed E-state index contributed by atoms with van der Waals surface area (Å²) in [6, 6.07) is 6.57. The SMILES string of the molecule is C=CC12CCCN1CCN(c1ccc(C(=O)N(C)c3cc(F)c4nc(C)oc4c3)cn1)C2. The van der Waals surface area contributed by atoms with E-state index >= 15 is 0 Å². The highest BCUT2D eigenvalue weighted by atomic mass is 19.1. The normalized spacial score (nSPS) is 21.0. The minimum Gasteiger partial charge on any atom is -0.441 e. The average molecular weight is 436 g/mol. The molecule has 2 saturated heterocycles. The zero-order chi connectivity index (χ0) is 22.5. The predicted octanol–water partition coefficient (Wildman–Crippen LogP) is 3.79. The van der Waals surface area contributed by atoms with E-state index in [9.17, 15) is 9.18 Å². The molecule has 7 nitrogen and oxygen atoms in total. The molecule has 0 bridgehead atoms. The summed E-state index contributed by atoms with van der Waals surface area (Å²) in [5, 5.41) is 0. The number of nitrogens with zero attached hydrogens (tertiary/aromatic N) is 5. The highest BCUT2D eigenvalue weighted by Gasteiger charge is 2.42. The van der Waals surface area contributed by atoms with Crippen molar-refractivity contribution in [2.45, 2.75) is 25.3 Å². The highest BCUT2D eigenvalue weighted by molar-refractivity contribution is 6.06. The Hall–Kier alpha value is -3.26. The molecule has 1 aromatic carbocycles. The lowest BCUT2D eigenvalue weighted by atomic mass is 9.93. The van der Waals surface area contributed by atoms with Crippen molar-refractivity contribution in [2.75, 3.05) is 43.0 Å². The van der Waals surface area contributed by atoms with E-state index in [1.807, 2.05) is 6.07 Å². The molecule has 1 unspecified atom stereocenters. The number of fused-ring (bicyclic) bond motifs is 2. The van der Waals surface area contributed by atoms with Crippen LogP contribution in [0.3, 0.4) is 0 Å². The molecule has 4 heterocycles. The predicted molar refractivity (Wildman–Crippen MR) is 122 cm³/mol. The number of pyridine rings is 1. The van der Waals surface area contributed by atoms with Gasteiger partial charge in [-0.1, -0.05) is 6.08 Å². The molecule has 166 valence electrons. The molecule has 2 fully saturated rings. The molecule has 0 saturated carbocycles. The number of carbonyl (C=O) groups is 1. The van der Waals surface area contributed by atoms with Gasteiger partial charge in [0.2, 0.25) is 0 Å². The molecule has 0 N–H and O–H groups in total. The minimum atomic E-state index is -0.523. The van der Waals surface area contributed by atoms with E-state index in [-0.39, 0.29) is 17.0 Å². The monoisotopic (exact) mass is 435 g/mol. The van der Waals surface area contributed by atoms with Crippen LogP contribution in [0.1, 0.15) is 29.1 Å². The van der Waals surface area contributed by atoms with Gasteiger partial charge in [0.15, 0.2) is 17.3 Å². The lowest BCUT2D eigenvalue weighted by Gasteiger charge is -2.46. The molecule has 32 heavy (non-hydrogen) atoms. The van der Waals surface area contributed by atoms with Gasteiger partial charge < -0.3 is 14.2 Å². The molecule has 0 radical (unpaired) electrons. The lowest BCUT2D eigenvalue weighted by molar-refractivity contribution is 0.0992. The summed E-state index contributed by atoms with van der Waals surface area (Å²) in [6.45, 7) is 9.58. The minimum absolute atomic E-state index is 0.0103. The van der Waals surface area contributed by atoms with E-state index < -0.39 is 5.82 Å². The van der Waals surface area contributed by atoms with Gasteiger partial charge in [0.05, 0.1) is 16.8 Å². The number of anilines is 2. The summed E-state index contributed by atoms with van der Waals surface area (Å²) in [4.78, 5) is 27.8. The Balaban J connectivity index is 1.35. The molecular formula is C24H26FN5O2. The maximum absolute atomic E-state index is 14.4. The molecule has 1 atom stereocenters. The number of benzene rings is 1. The molecule has 1 amide bonds. The van der Waals surface area contributed by atoms with Crippen LogP contribution < -0.4 is 9.80 Å². The summed E-state index contributed by atoms with van der Waals surface area (Å²) in [5.74, 6) is 0.426. The Morgan fingerprint density at radius 2 is 2.16 bits per heavy atom. The Morgan fingerprint density at radius 3 is 2.91 bits per heavy atom. The number of halogens is 1. The smallest absolute Gasteiger partial charge is 0.259 e. The number of rotatable bonds is 4. The first-order valence-corrected chi connectivity index (χ1v) is 10.8. The van der Waals surface area contributed by atoms with Gasteiger partial charge in [-0.3, -0.25) is 9.69 Å². The number of aryl methyl sites for hydroxylation is 1. The number of oxazole rings is 1. The van der Waals surface area contributed by atoms with Crippen LogP contribution in [0.25, 0.3) is 11.1 Å². The molecule has 8 heteroatoms. The maximum Gasteiger partial charge on any atom is 0.259 e. The van der Waals surface area contributed by atoms with Gasteiger partial charge in [-0.2, -0.15) is 0 Å². The largest absolute Gasteiger partial charge is 0.441 e. The topological polar surface area (TPSA) is 65.7 Å². The van der Waals surface area contributed by atoms with Gasteiger partial charge in [-0.05, 0) is 31.5 Å². The molecule has 0 aliphatic carbocycles. The Bertz CT molecular complexity index is 1190. The van der Waals surface area contributed by atoms with Crippen LogP contribution in [-0.4, -0.2) is 59.5 Å². The van der Waals surface area contributed by atoms with E-state index in [0.717, 1.165) is 38.4 Å². The standard InChI is InChI=1S/C24H26FN5O2/c1-4-24-8-5-9-30(24)11-10-29(15-24)21-7-6-17(14-26-21)23(31)28(3)18-12-19(25)22-20(13-18)32-16(2)27-22/h4,6-7,12-14H,1,5,8-11,15H2,2-3H3. The summed E-state index contributed by atoms with van der Waals surface area (Å²) in [7, 11) is 1.60. The Labute approximate surface area is 186 Å². The van der Waals surface area contributed by atoms with Gasteiger partial charge in [-0.25, -0.2) is 14.4 Å². The van der Waals surface area contributed by atoms with Crippen LogP contribution in [0, 0.1) is 12.7 Å². The lowest BCUT2D eigenvalue weighted by Crippen LogP contribution is -2.58. The van der Waals surface area contributed by atoms with E-state index in [4.69, 9.17) is 4.42 Å². The Morgan fingerprint density at radius 1 is 1.31 bits per heavy atom. The van der Waals surface area contributed by atoms with Crippen LogP contribution in [0.2, 0.25) is 0 Å². The molecule has 3 aromatic rings. The van der Waals surface area contributed by atoms with Crippen LogP contribution in [-0.2, 0) is 0 Å². The maximum atomic E-state index is 14.4. The summed E-state index contributed by atoms with van der Waals surface area (Å²) in [5.41, 5.74) is 1.32. The van der Waals surface area contributed by atoms with E-state index in [1.165, 1.54) is 17.4 Å². The van der Waals surface area contributed by atoms with Crippen molar-refractivity contribution in [3.63, 3.8) is 0 Å². The van der Waals surface area contributed by atoms with Gasteiger partial charge in [0, 0.05) is 51.9 Å². The van der Waals surface area contributed by atoms with Crippen molar-refractivity contribution >= 4 is 28.5 Å². The number of amides is 1. The van der Waals surface area contributed by atoms with Crippen LogP contribution in [0.5, 0.6) is 0 Å².